The number of carbonyl (C=O) groups excluding carboxylic acids is 5. The third kappa shape index (κ3) is 12.9. The van der Waals surface area contributed by atoms with E-state index in [1.807, 2.05) is 18.2 Å². The molecule has 0 aliphatic carbocycles. The van der Waals surface area contributed by atoms with Gasteiger partial charge in [-0.1, -0.05) is 63.1 Å². The monoisotopic (exact) mass is 932 g/mol. The molecule has 3 aromatic carbocycles. The summed E-state index contributed by atoms with van der Waals surface area (Å²) in [5, 5.41) is 20.0. The van der Waals surface area contributed by atoms with Gasteiger partial charge in [-0.2, -0.15) is 5.26 Å². The fraction of sp³-hybridized carbons (Fsp3) is 0.440. The topological polar surface area (TPSA) is 283 Å². The van der Waals surface area contributed by atoms with E-state index in [0.717, 1.165) is 24.8 Å². The van der Waals surface area contributed by atoms with Crippen LogP contribution in [0.2, 0.25) is 0 Å². The summed E-state index contributed by atoms with van der Waals surface area (Å²) in [5.41, 5.74) is 22.7. The number of ether oxygens (including phenoxy) is 2. The van der Waals surface area contributed by atoms with Crippen LogP contribution in [0, 0.1) is 31.1 Å². The number of aromatic nitrogens is 2. The van der Waals surface area contributed by atoms with E-state index in [9.17, 15) is 29.2 Å². The largest absolute Gasteiger partial charge is 0.492 e. The van der Waals surface area contributed by atoms with Gasteiger partial charge in [-0.15, -0.1) is 0 Å². The Morgan fingerprint density at radius 3 is 2.07 bits per heavy atom. The second-order valence-electron chi connectivity index (χ2n) is 16.9. The van der Waals surface area contributed by atoms with Crippen LogP contribution in [0.25, 0.3) is 22.5 Å². The fourth-order valence-electron chi connectivity index (χ4n) is 8.23. The van der Waals surface area contributed by atoms with Gasteiger partial charge in [0.1, 0.15) is 55.4 Å². The summed E-state index contributed by atoms with van der Waals surface area (Å²) in [6.07, 6.45) is 3.19. The maximum absolute atomic E-state index is 14.8. The minimum atomic E-state index is -1.40. The molecule has 1 aromatic heterocycles. The van der Waals surface area contributed by atoms with Crippen molar-refractivity contribution in [2.45, 2.75) is 90.9 Å². The number of nitrogens with two attached hydrogens (primary N) is 3. The third-order valence-electron chi connectivity index (χ3n) is 12.0. The van der Waals surface area contributed by atoms with Gasteiger partial charge < -0.3 is 52.8 Å². The number of carbonyl (C=O) groups is 5. The summed E-state index contributed by atoms with van der Waals surface area (Å²) in [4.78, 5) is 81.2. The van der Waals surface area contributed by atoms with Crippen molar-refractivity contribution >= 4 is 29.5 Å². The van der Waals surface area contributed by atoms with E-state index >= 15 is 0 Å². The van der Waals surface area contributed by atoms with Crippen molar-refractivity contribution in [3.05, 3.63) is 94.3 Å². The second-order valence-corrected chi connectivity index (χ2v) is 16.9. The Morgan fingerprint density at radius 1 is 0.868 bits per heavy atom. The Labute approximate surface area is 398 Å². The van der Waals surface area contributed by atoms with Gasteiger partial charge in [0.2, 0.25) is 23.6 Å². The minimum absolute atomic E-state index is 0.00159. The van der Waals surface area contributed by atoms with Crippen molar-refractivity contribution in [2.75, 3.05) is 46.4 Å². The Kier molecular flexibility index (Phi) is 18.9. The quantitative estimate of drug-likeness (QED) is 0.0667. The summed E-state index contributed by atoms with van der Waals surface area (Å²) in [6, 6.07) is 15.2. The molecule has 5 amide bonds. The molecule has 0 unspecified atom stereocenters. The molecule has 4 bridgehead atoms. The summed E-state index contributed by atoms with van der Waals surface area (Å²) in [7, 11) is 1.42. The Balaban J connectivity index is 1.54. The van der Waals surface area contributed by atoms with E-state index in [1.54, 1.807) is 50.2 Å². The summed E-state index contributed by atoms with van der Waals surface area (Å²) in [6.45, 7) is 9.62. The molecule has 0 saturated carbocycles. The molecule has 10 N–H and O–H groups in total. The van der Waals surface area contributed by atoms with Gasteiger partial charge in [0, 0.05) is 43.2 Å². The predicted octanol–water partition coefficient (Wildman–Crippen LogP) is 2.91. The zero-order valence-corrected chi connectivity index (χ0v) is 39.8. The van der Waals surface area contributed by atoms with Gasteiger partial charge in [-0.05, 0) is 87.0 Å². The number of nitrogens with one attached hydrogen (secondary N) is 4. The maximum atomic E-state index is 14.8. The first-order valence-electron chi connectivity index (χ1n) is 23.1. The standard InChI is InChI=1S/C50H65N11O7/c1-7-32(8-2)25-33-9-12-35(13-10-33)45-56-29(3)43(30(4)57-45)48(64)59-39(17-18-51)50(66)61(6)44-36-14-16-42(68-24-21-54)38(28-36)37-26-34(11-15-41(37)67-23-20-53)27-40(47(63)55-22-19-52)60-46(62)31(5)58-49(44)65/h9-16,26,28,31-32,39-40,44H,7-8,17-18,20-25,27,51,53-54H2,1-6H3,(H,55,63)(H,58,65)(H,59,64)(H,60,62)/t31-,39-,40-,44-/m0/s1. The van der Waals surface area contributed by atoms with Crippen LogP contribution in [-0.4, -0.2) is 109 Å². The molecule has 0 spiro atoms. The van der Waals surface area contributed by atoms with Gasteiger partial charge in [0.05, 0.1) is 23.0 Å². The highest BCUT2D eigenvalue weighted by atomic mass is 16.5. The number of benzene rings is 3. The summed E-state index contributed by atoms with van der Waals surface area (Å²) in [5.74, 6) is -1.49. The summed E-state index contributed by atoms with van der Waals surface area (Å²) >= 11 is 0. The number of likely N-dealkylation sites (N-methyl/N-ethyl adjacent to an activating group) is 1. The minimum Gasteiger partial charge on any atom is -0.492 e. The molecule has 362 valence electrons. The molecule has 4 atom stereocenters. The van der Waals surface area contributed by atoms with Gasteiger partial charge in [-0.25, -0.2) is 9.97 Å². The van der Waals surface area contributed by atoms with Gasteiger partial charge >= 0.3 is 0 Å². The molecular formula is C50H65N11O7. The molecule has 1 aliphatic heterocycles. The fourth-order valence-corrected chi connectivity index (χ4v) is 8.23. The van der Waals surface area contributed by atoms with Crippen molar-refractivity contribution in [1.82, 2.24) is 36.1 Å². The normalized spacial score (nSPS) is 16.3. The molecule has 5 rings (SSSR count). The number of rotatable bonds is 19. The summed E-state index contributed by atoms with van der Waals surface area (Å²) < 4.78 is 12.2. The van der Waals surface area contributed by atoms with E-state index in [4.69, 9.17) is 36.6 Å². The average molecular weight is 932 g/mol. The molecule has 0 fully saturated rings. The van der Waals surface area contributed by atoms with Gasteiger partial charge in [-0.3, -0.25) is 24.0 Å². The van der Waals surface area contributed by atoms with E-state index in [0.29, 0.717) is 56.9 Å². The van der Waals surface area contributed by atoms with Crippen LogP contribution in [0.1, 0.15) is 84.5 Å². The molecule has 18 heteroatoms. The van der Waals surface area contributed by atoms with E-state index in [1.165, 1.54) is 24.4 Å². The number of fused-ring (bicyclic) bond motifs is 5. The number of amides is 5. The van der Waals surface area contributed by atoms with Gasteiger partial charge in [0.15, 0.2) is 5.82 Å². The van der Waals surface area contributed by atoms with E-state index in [2.05, 4.69) is 47.2 Å². The molecular weight excluding hydrogens is 867 g/mol. The van der Waals surface area contributed by atoms with E-state index in [-0.39, 0.29) is 57.8 Å². The Hall–Kier alpha value is -6.94. The van der Waals surface area contributed by atoms with Crippen LogP contribution in [0.5, 0.6) is 11.5 Å². The third-order valence-corrected chi connectivity index (χ3v) is 12.0. The Morgan fingerprint density at radius 2 is 1.49 bits per heavy atom. The first-order valence-corrected chi connectivity index (χ1v) is 23.1. The predicted molar refractivity (Wildman–Crippen MR) is 258 cm³/mol. The number of nitrogens with zero attached hydrogens (tertiary/aromatic N) is 4. The Bertz CT molecular complexity index is 2450. The molecule has 4 aromatic rings. The van der Waals surface area contributed by atoms with Crippen molar-refractivity contribution in [3.8, 4) is 40.1 Å². The van der Waals surface area contributed by atoms with Crippen molar-refractivity contribution in [1.29, 1.82) is 5.26 Å². The SMILES string of the molecule is CCC(CC)Cc1ccc(-c2nc(C)c(C(=O)N[C@@H](CCN)C(=O)N(C)[C@@H]3C(=O)N[C@@H](C)C(=O)N[C@H](C(=O)NCC#N)Cc4ccc(OCCN)c(c4)-c4cc3ccc4OCCN)c(C)n2)cc1. The van der Waals surface area contributed by atoms with Crippen LogP contribution in [0.3, 0.4) is 0 Å². The van der Waals surface area contributed by atoms with E-state index < -0.39 is 53.7 Å². The van der Waals surface area contributed by atoms with Crippen LogP contribution >= 0.6 is 0 Å². The first kappa shape index (κ1) is 52.0. The molecule has 1 aliphatic rings. The molecule has 0 radical (unpaired) electrons. The second kappa shape index (κ2) is 24.7. The average Bonchev–Trinajstić information content (AvgIpc) is 3.32. The highest BCUT2D eigenvalue weighted by Crippen LogP contribution is 2.40. The molecule has 18 nitrogen and oxygen atoms in total. The molecule has 2 heterocycles. The maximum Gasteiger partial charge on any atom is 0.255 e. The van der Waals surface area contributed by atoms with Gasteiger partial charge in [0.25, 0.3) is 5.91 Å². The highest BCUT2D eigenvalue weighted by molar-refractivity contribution is 6.00. The van der Waals surface area contributed by atoms with Crippen LogP contribution < -0.4 is 47.9 Å². The molecule has 0 saturated heterocycles. The number of hydrogen-bond acceptors (Lipinski definition) is 13. The zero-order valence-electron chi connectivity index (χ0n) is 39.8. The number of nitriles is 1. The lowest BCUT2D eigenvalue weighted by molar-refractivity contribution is -0.141. The van der Waals surface area contributed by atoms with Crippen molar-refractivity contribution < 1.29 is 33.4 Å². The van der Waals surface area contributed by atoms with Crippen molar-refractivity contribution in [3.63, 3.8) is 0 Å². The zero-order chi connectivity index (χ0) is 49.5. The lowest BCUT2D eigenvalue weighted by Crippen LogP contribution is -2.56. The van der Waals surface area contributed by atoms with Crippen LogP contribution in [0.15, 0.2) is 60.7 Å². The van der Waals surface area contributed by atoms with Crippen LogP contribution in [-0.2, 0) is 32.0 Å². The highest BCUT2D eigenvalue weighted by Gasteiger charge is 2.36. The van der Waals surface area contributed by atoms with Crippen molar-refractivity contribution in [2.24, 2.45) is 23.1 Å². The lowest BCUT2D eigenvalue weighted by Gasteiger charge is -2.32. The first-order chi connectivity index (χ1) is 32.7. The number of aryl methyl sites for hydroxylation is 2. The van der Waals surface area contributed by atoms with Crippen LogP contribution in [0.4, 0.5) is 0 Å². The number of hydrogen-bond donors (Lipinski definition) is 7. The smallest absolute Gasteiger partial charge is 0.255 e. The molecule has 68 heavy (non-hydrogen) atoms. The lowest BCUT2D eigenvalue weighted by atomic mass is 9.93.